The molecule has 0 unspecified atom stereocenters. The van der Waals surface area contributed by atoms with Gasteiger partial charge in [0.1, 0.15) is 5.75 Å². The van der Waals surface area contributed by atoms with Crippen LogP contribution in [0.3, 0.4) is 0 Å². The van der Waals surface area contributed by atoms with E-state index in [2.05, 4.69) is 54.7 Å². The van der Waals surface area contributed by atoms with E-state index in [9.17, 15) is 0 Å². The average Bonchev–Trinajstić information content (AvgIpc) is 2.53. The smallest absolute Gasteiger partial charge is 0.130 e. The van der Waals surface area contributed by atoms with Crippen LogP contribution in [0, 0.1) is 0 Å². The van der Waals surface area contributed by atoms with Gasteiger partial charge in [-0.2, -0.15) is 0 Å². The lowest BCUT2D eigenvalue weighted by Crippen LogP contribution is -2.13. The monoisotopic (exact) mass is 267 g/mol. The molecule has 0 saturated heterocycles. The second kappa shape index (κ2) is 6.10. The van der Waals surface area contributed by atoms with Crippen molar-refractivity contribution >= 4 is 0 Å². The van der Waals surface area contributed by atoms with Crippen molar-refractivity contribution in [2.75, 3.05) is 13.2 Å². The molecule has 0 saturated carbocycles. The van der Waals surface area contributed by atoms with E-state index in [4.69, 9.17) is 4.74 Å². The van der Waals surface area contributed by atoms with Gasteiger partial charge < -0.3 is 10.1 Å². The van der Waals surface area contributed by atoms with Crippen LogP contribution in [0.5, 0.6) is 5.75 Å². The molecule has 0 spiro atoms. The normalized spacial score (nSPS) is 13.7. The van der Waals surface area contributed by atoms with Crippen LogP contribution >= 0.6 is 0 Å². The molecule has 1 N–H and O–H groups in total. The van der Waals surface area contributed by atoms with Crippen molar-refractivity contribution in [3.8, 4) is 16.9 Å². The Morgan fingerprint density at radius 1 is 1.05 bits per heavy atom. The molecule has 20 heavy (non-hydrogen) atoms. The number of benzene rings is 2. The highest BCUT2D eigenvalue weighted by molar-refractivity contribution is 5.75. The predicted octanol–water partition coefficient (Wildman–Crippen LogP) is 3.79. The minimum absolute atomic E-state index is 0.833. The number of nitrogens with one attached hydrogen (secondary N) is 1. The van der Waals surface area contributed by atoms with Gasteiger partial charge in [0, 0.05) is 12.1 Å². The van der Waals surface area contributed by atoms with Gasteiger partial charge in [0.05, 0.1) is 6.61 Å². The zero-order valence-corrected chi connectivity index (χ0v) is 12.0. The van der Waals surface area contributed by atoms with Crippen LogP contribution < -0.4 is 10.1 Å². The Hall–Kier alpha value is -1.80. The Kier molecular flexibility index (Phi) is 4.03. The Morgan fingerprint density at radius 2 is 1.90 bits per heavy atom. The number of aryl methyl sites for hydroxylation is 1. The highest BCUT2D eigenvalue weighted by atomic mass is 16.5. The molecule has 0 aliphatic carbocycles. The SMILES string of the molecule is CCNCc1ccccc1-c1cccc2c1OCCC2. The molecule has 0 amide bonds. The molecule has 104 valence electrons. The third-order valence-corrected chi connectivity index (χ3v) is 3.81. The highest BCUT2D eigenvalue weighted by Gasteiger charge is 2.16. The molecule has 2 nitrogen and oxygen atoms in total. The van der Waals surface area contributed by atoms with E-state index in [1.54, 1.807) is 0 Å². The van der Waals surface area contributed by atoms with Gasteiger partial charge in [0.25, 0.3) is 0 Å². The molecule has 2 aromatic carbocycles. The first-order valence-corrected chi connectivity index (χ1v) is 7.44. The third-order valence-electron chi connectivity index (χ3n) is 3.81. The van der Waals surface area contributed by atoms with E-state index in [1.165, 1.54) is 22.3 Å². The van der Waals surface area contributed by atoms with Crippen LogP contribution in [0.25, 0.3) is 11.1 Å². The Bertz CT molecular complexity index is 592. The maximum atomic E-state index is 5.95. The molecule has 0 aromatic heterocycles. The fourth-order valence-corrected chi connectivity index (χ4v) is 2.80. The van der Waals surface area contributed by atoms with Crippen LogP contribution in [0.2, 0.25) is 0 Å². The summed E-state index contributed by atoms with van der Waals surface area (Å²) in [6.45, 7) is 4.85. The first-order valence-electron chi connectivity index (χ1n) is 7.44. The quantitative estimate of drug-likeness (QED) is 0.910. The molecule has 2 heteroatoms. The number of hydrogen-bond acceptors (Lipinski definition) is 2. The predicted molar refractivity (Wildman–Crippen MR) is 83.1 cm³/mol. The molecule has 2 aromatic rings. The van der Waals surface area contributed by atoms with E-state index in [1.807, 2.05) is 0 Å². The third kappa shape index (κ3) is 2.56. The van der Waals surface area contributed by atoms with Gasteiger partial charge in [0.2, 0.25) is 0 Å². The van der Waals surface area contributed by atoms with Gasteiger partial charge in [-0.05, 0) is 36.1 Å². The van der Waals surface area contributed by atoms with E-state index in [0.29, 0.717) is 0 Å². The Morgan fingerprint density at radius 3 is 2.80 bits per heavy atom. The molecule has 3 rings (SSSR count). The van der Waals surface area contributed by atoms with Gasteiger partial charge in [-0.25, -0.2) is 0 Å². The maximum Gasteiger partial charge on any atom is 0.130 e. The van der Waals surface area contributed by atoms with Crippen molar-refractivity contribution in [2.24, 2.45) is 0 Å². The second-order valence-corrected chi connectivity index (χ2v) is 5.18. The van der Waals surface area contributed by atoms with Crippen LogP contribution in [0.15, 0.2) is 42.5 Å². The molecule has 1 aliphatic rings. The summed E-state index contributed by atoms with van der Waals surface area (Å²) in [5.74, 6) is 1.09. The van der Waals surface area contributed by atoms with E-state index in [0.717, 1.165) is 38.3 Å². The largest absolute Gasteiger partial charge is 0.493 e. The number of para-hydroxylation sites is 1. The molecule has 1 aliphatic heterocycles. The van der Waals surface area contributed by atoms with Gasteiger partial charge >= 0.3 is 0 Å². The topological polar surface area (TPSA) is 21.3 Å². The second-order valence-electron chi connectivity index (χ2n) is 5.18. The van der Waals surface area contributed by atoms with Crippen molar-refractivity contribution in [2.45, 2.75) is 26.3 Å². The summed E-state index contributed by atoms with van der Waals surface area (Å²) in [6, 6.07) is 15.1. The summed E-state index contributed by atoms with van der Waals surface area (Å²) in [4.78, 5) is 0. The lowest BCUT2D eigenvalue weighted by atomic mass is 9.94. The molecular weight excluding hydrogens is 246 g/mol. The van der Waals surface area contributed by atoms with Crippen LogP contribution in [0.4, 0.5) is 0 Å². The van der Waals surface area contributed by atoms with Crippen molar-refractivity contribution < 1.29 is 4.74 Å². The molecular formula is C18H21NO. The van der Waals surface area contributed by atoms with E-state index in [-0.39, 0.29) is 0 Å². The number of ether oxygens (including phenoxy) is 1. The number of fused-ring (bicyclic) bond motifs is 1. The maximum absolute atomic E-state index is 5.95. The first-order chi connectivity index (χ1) is 9.90. The lowest BCUT2D eigenvalue weighted by molar-refractivity contribution is 0.289. The highest BCUT2D eigenvalue weighted by Crippen LogP contribution is 2.37. The standard InChI is InChI=1S/C18H21NO/c1-2-19-13-15-7-3-4-10-16(15)17-11-5-8-14-9-6-12-20-18(14)17/h3-5,7-8,10-11,19H,2,6,9,12-13H2,1H3. The van der Waals surface area contributed by atoms with Crippen LogP contribution in [-0.2, 0) is 13.0 Å². The molecule has 0 fully saturated rings. The van der Waals surface area contributed by atoms with Gasteiger partial charge in [-0.3, -0.25) is 0 Å². The molecule has 0 bridgehead atoms. The van der Waals surface area contributed by atoms with Crippen molar-refractivity contribution in [3.63, 3.8) is 0 Å². The van der Waals surface area contributed by atoms with Crippen molar-refractivity contribution in [1.82, 2.24) is 5.32 Å². The van der Waals surface area contributed by atoms with Gasteiger partial charge in [0.15, 0.2) is 0 Å². The van der Waals surface area contributed by atoms with Crippen molar-refractivity contribution in [3.05, 3.63) is 53.6 Å². The molecule has 1 heterocycles. The number of hydrogen-bond donors (Lipinski definition) is 1. The Balaban J connectivity index is 2.05. The minimum atomic E-state index is 0.833. The summed E-state index contributed by atoms with van der Waals surface area (Å²) in [6.07, 6.45) is 2.24. The van der Waals surface area contributed by atoms with Gasteiger partial charge in [-0.15, -0.1) is 0 Å². The number of rotatable bonds is 4. The summed E-state index contributed by atoms with van der Waals surface area (Å²) in [5.41, 5.74) is 5.19. The van der Waals surface area contributed by atoms with E-state index < -0.39 is 0 Å². The summed E-state index contributed by atoms with van der Waals surface area (Å²) < 4.78 is 5.95. The summed E-state index contributed by atoms with van der Waals surface area (Å²) >= 11 is 0. The van der Waals surface area contributed by atoms with Crippen LogP contribution in [0.1, 0.15) is 24.5 Å². The summed E-state index contributed by atoms with van der Waals surface area (Å²) in [5, 5.41) is 3.41. The average molecular weight is 267 g/mol. The Labute approximate surface area is 120 Å². The minimum Gasteiger partial charge on any atom is -0.493 e. The fraction of sp³-hybridized carbons (Fsp3) is 0.333. The lowest BCUT2D eigenvalue weighted by Gasteiger charge is -2.21. The summed E-state index contributed by atoms with van der Waals surface area (Å²) in [7, 11) is 0. The first kappa shape index (κ1) is 13.2. The molecule has 0 atom stereocenters. The molecule has 0 radical (unpaired) electrons. The van der Waals surface area contributed by atoms with Crippen LogP contribution in [-0.4, -0.2) is 13.2 Å². The van der Waals surface area contributed by atoms with Gasteiger partial charge in [-0.1, -0.05) is 49.4 Å². The fourth-order valence-electron chi connectivity index (χ4n) is 2.80. The zero-order valence-electron chi connectivity index (χ0n) is 12.0. The zero-order chi connectivity index (χ0) is 13.8. The van der Waals surface area contributed by atoms with Crippen molar-refractivity contribution in [1.29, 1.82) is 0 Å². The van der Waals surface area contributed by atoms with E-state index >= 15 is 0 Å².